The average Bonchev–Trinajstić information content (AvgIpc) is 2.61. The van der Waals surface area contributed by atoms with Crippen molar-refractivity contribution in [3.63, 3.8) is 0 Å². The van der Waals surface area contributed by atoms with E-state index in [0.29, 0.717) is 12.2 Å². The van der Waals surface area contributed by atoms with Crippen molar-refractivity contribution in [3.05, 3.63) is 36.5 Å². The fourth-order valence-corrected chi connectivity index (χ4v) is 2.08. The Morgan fingerprint density at radius 2 is 1.69 bits per heavy atom. The summed E-state index contributed by atoms with van der Waals surface area (Å²) in [5.41, 5.74) is 0.545. The number of esters is 2. The second-order valence-corrected chi connectivity index (χ2v) is 6.13. The van der Waals surface area contributed by atoms with Gasteiger partial charge in [-0.1, -0.05) is 32.9 Å². The van der Waals surface area contributed by atoms with Crippen LogP contribution in [0.4, 0.5) is 0 Å². The van der Waals surface area contributed by atoms with Gasteiger partial charge < -0.3 is 14.6 Å². The van der Waals surface area contributed by atoms with Crippen LogP contribution in [0, 0.1) is 0 Å². The molecule has 0 heterocycles. The molecule has 1 fully saturated rings. The number of carboxylic acids is 1. The molecule has 6 nitrogen and oxygen atoms in total. The van der Waals surface area contributed by atoms with E-state index in [4.69, 9.17) is 14.6 Å². The van der Waals surface area contributed by atoms with Gasteiger partial charge in [-0.15, -0.1) is 0 Å². The highest BCUT2D eigenvalue weighted by Gasteiger charge is 2.17. The number of carbonyl (C=O) groups excluding carboxylic acids is 2. The third kappa shape index (κ3) is 12.1. The maximum Gasteiger partial charge on any atom is 0.337 e. The summed E-state index contributed by atoms with van der Waals surface area (Å²) in [5.74, 6) is -1.93. The summed E-state index contributed by atoms with van der Waals surface area (Å²) < 4.78 is 10.0. The van der Waals surface area contributed by atoms with E-state index in [9.17, 15) is 14.4 Å². The zero-order valence-corrected chi connectivity index (χ0v) is 15.8. The van der Waals surface area contributed by atoms with Crippen molar-refractivity contribution in [1.82, 2.24) is 0 Å². The number of aliphatic carboxylic acids is 1. The Bertz CT molecular complexity index is 526. The number of hydrogen-bond donors (Lipinski definition) is 1. The molecule has 0 aromatic rings. The highest BCUT2D eigenvalue weighted by atomic mass is 16.5. The molecule has 0 spiro atoms. The van der Waals surface area contributed by atoms with E-state index in [1.807, 2.05) is 6.92 Å². The minimum atomic E-state index is -1.12. The van der Waals surface area contributed by atoms with E-state index in [0.717, 1.165) is 37.8 Å². The van der Waals surface area contributed by atoms with Crippen LogP contribution in [0.25, 0.3) is 0 Å². The highest BCUT2D eigenvalue weighted by molar-refractivity contribution is 5.93. The third-order valence-corrected chi connectivity index (χ3v) is 3.59. The Kier molecular flexibility index (Phi) is 12.6. The first kappa shape index (κ1) is 23.6. The molecule has 1 aliphatic carbocycles. The van der Waals surface area contributed by atoms with Gasteiger partial charge in [0.2, 0.25) is 0 Å². The van der Waals surface area contributed by atoms with Crippen LogP contribution in [0.3, 0.4) is 0 Å². The zero-order chi connectivity index (χ0) is 19.9. The first-order valence-electron chi connectivity index (χ1n) is 8.91. The molecule has 0 bridgehead atoms. The fourth-order valence-electron chi connectivity index (χ4n) is 2.08. The van der Waals surface area contributed by atoms with Gasteiger partial charge in [0, 0.05) is 11.6 Å². The molecule has 0 radical (unpaired) electrons. The minimum absolute atomic E-state index is 0.0449. The van der Waals surface area contributed by atoms with Crippen molar-refractivity contribution in [3.8, 4) is 0 Å². The van der Waals surface area contributed by atoms with Gasteiger partial charge in [0.25, 0.3) is 0 Å². The molecule has 1 N–H and O–H groups in total. The number of carbonyl (C=O) groups is 3. The number of ether oxygens (including phenoxy) is 2. The molecule has 1 aliphatic rings. The smallest absolute Gasteiger partial charge is 0.337 e. The van der Waals surface area contributed by atoms with E-state index >= 15 is 0 Å². The van der Waals surface area contributed by atoms with E-state index in [1.165, 1.54) is 19.3 Å². The van der Waals surface area contributed by atoms with Gasteiger partial charge in [0.1, 0.15) is 6.10 Å². The Hall–Kier alpha value is -2.37. The molecule has 146 valence electrons. The standard InChI is InChI=1S/C10H14O4.C10H16O2/c1-3-4-7-14-10(13)8(2)5-6-9(11)12;1-8(2)10(11)12-9-6-4-3-5-7-9/h5-6H,2-4,7H2,1H3,(H,11,12);9H,1,3-7H2,2H3. The van der Waals surface area contributed by atoms with Crippen LogP contribution in [0.1, 0.15) is 58.8 Å². The molecule has 0 aliphatic heterocycles. The van der Waals surface area contributed by atoms with Crippen molar-refractivity contribution < 1.29 is 29.0 Å². The Morgan fingerprint density at radius 3 is 2.19 bits per heavy atom. The van der Waals surface area contributed by atoms with Crippen LogP contribution >= 0.6 is 0 Å². The molecule has 0 saturated heterocycles. The lowest BCUT2D eigenvalue weighted by atomic mass is 9.98. The monoisotopic (exact) mass is 366 g/mol. The normalized spacial score (nSPS) is 14.1. The van der Waals surface area contributed by atoms with Gasteiger partial charge in [-0.2, -0.15) is 0 Å². The molecule has 0 unspecified atom stereocenters. The van der Waals surface area contributed by atoms with Crippen LogP contribution in [0.2, 0.25) is 0 Å². The number of rotatable bonds is 8. The number of carboxylic acid groups (broad SMARTS) is 1. The van der Waals surface area contributed by atoms with Crippen molar-refractivity contribution in [2.45, 2.75) is 64.9 Å². The second-order valence-electron chi connectivity index (χ2n) is 6.13. The maximum atomic E-state index is 11.1. The van der Waals surface area contributed by atoms with Gasteiger partial charge in [-0.05, 0) is 45.1 Å². The van der Waals surface area contributed by atoms with Gasteiger partial charge in [-0.3, -0.25) is 0 Å². The van der Waals surface area contributed by atoms with Gasteiger partial charge in [-0.25, -0.2) is 14.4 Å². The summed E-state index contributed by atoms with van der Waals surface area (Å²) in [6, 6.07) is 0. The van der Waals surface area contributed by atoms with Gasteiger partial charge in [0.15, 0.2) is 0 Å². The van der Waals surface area contributed by atoms with Crippen LogP contribution in [0.5, 0.6) is 0 Å². The lowest BCUT2D eigenvalue weighted by Gasteiger charge is -2.21. The van der Waals surface area contributed by atoms with Gasteiger partial charge in [0.05, 0.1) is 12.2 Å². The summed E-state index contributed by atoms with van der Waals surface area (Å²) in [7, 11) is 0. The zero-order valence-electron chi connectivity index (χ0n) is 15.8. The molecule has 6 heteroatoms. The van der Waals surface area contributed by atoms with Crippen LogP contribution < -0.4 is 0 Å². The van der Waals surface area contributed by atoms with Crippen molar-refractivity contribution in [2.24, 2.45) is 0 Å². The molecule has 1 saturated carbocycles. The molecule has 0 aromatic carbocycles. The van der Waals surface area contributed by atoms with Crippen molar-refractivity contribution in [2.75, 3.05) is 6.61 Å². The third-order valence-electron chi connectivity index (χ3n) is 3.59. The van der Waals surface area contributed by atoms with E-state index in [-0.39, 0.29) is 17.6 Å². The average molecular weight is 366 g/mol. The van der Waals surface area contributed by atoms with Crippen molar-refractivity contribution >= 4 is 17.9 Å². The van der Waals surface area contributed by atoms with Crippen LogP contribution in [0.15, 0.2) is 36.5 Å². The molecular formula is C20H30O6. The Labute approximate surface area is 155 Å². The van der Waals surface area contributed by atoms with E-state index in [1.54, 1.807) is 6.92 Å². The minimum Gasteiger partial charge on any atom is -0.478 e. The summed E-state index contributed by atoms with van der Waals surface area (Å²) >= 11 is 0. The van der Waals surface area contributed by atoms with E-state index in [2.05, 4.69) is 13.2 Å². The lowest BCUT2D eigenvalue weighted by Crippen LogP contribution is -2.20. The SMILES string of the molecule is C=C(C)C(=O)OC1CCCCC1.C=C(C=CC(=O)O)C(=O)OCCCC. The van der Waals surface area contributed by atoms with Crippen molar-refractivity contribution in [1.29, 1.82) is 0 Å². The Morgan fingerprint density at radius 1 is 1.08 bits per heavy atom. The number of unbranched alkanes of at least 4 members (excludes halogenated alkanes) is 1. The summed E-state index contributed by atoms with van der Waals surface area (Å²) in [5, 5.41) is 8.28. The maximum absolute atomic E-state index is 11.1. The second kappa shape index (κ2) is 13.9. The van der Waals surface area contributed by atoms with Crippen LogP contribution in [-0.2, 0) is 23.9 Å². The molecule has 0 amide bonds. The number of hydrogen-bond acceptors (Lipinski definition) is 5. The lowest BCUT2D eigenvalue weighted by molar-refractivity contribution is -0.145. The summed E-state index contributed by atoms with van der Waals surface area (Å²) in [6.07, 6.45) is 9.57. The van der Waals surface area contributed by atoms with Crippen LogP contribution in [-0.4, -0.2) is 35.7 Å². The molecular weight excluding hydrogens is 336 g/mol. The predicted molar refractivity (Wildman–Crippen MR) is 99.6 cm³/mol. The molecule has 0 aromatic heterocycles. The summed E-state index contributed by atoms with van der Waals surface area (Å²) in [4.78, 5) is 32.3. The Balaban J connectivity index is 0.000000485. The topological polar surface area (TPSA) is 89.9 Å². The van der Waals surface area contributed by atoms with E-state index < -0.39 is 11.9 Å². The highest BCUT2D eigenvalue weighted by Crippen LogP contribution is 2.20. The quantitative estimate of drug-likeness (QED) is 0.303. The molecule has 0 atom stereocenters. The fraction of sp³-hybridized carbons (Fsp3) is 0.550. The molecule has 1 rings (SSSR count). The first-order chi connectivity index (χ1) is 12.3. The van der Waals surface area contributed by atoms with Gasteiger partial charge >= 0.3 is 17.9 Å². The summed E-state index contributed by atoms with van der Waals surface area (Å²) in [6.45, 7) is 10.9. The first-order valence-corrected chi connectivity index (χ1v) is 8.91. The largest absolute Gasteiger partial charge is 0.478 e. The predicted octanol–water partition coefficient (Wildman–Crippen LogP) is 3.97. The molecule has 26 heavy (non-hydrogen) atoms.